The molecule has 20 heavy (non-hydrogen) atoms. The Balaban J connectivity index is 2.78. The van der Waals surface area contributed by atoms with Crippen LogP contribution in [0.3, 0.4) is 0 Å². The van der Waals surface area contributed by atoms with E-state index in [-0.39, 0.29) is 18.2 Å². The summed E-state index contributed by atoms with van der Waals surface area (Å²) in [5.41, 5.74) is 1.59. The number of likely N-dealkylation sites (N-methyl/N-ethyl adjacent to an activating group) is 1. The van der Waals surface area contributed by atoms with E-state index in [1.165, 1.54) is 0 Å². The Hall–Kier alpha value is -1.88. The highest BCUT2D eigenvalue weighted by molar-refractivity contribution is 6.00. The van der Waals surface area contributed by atoms with Gasteiger partial charge in [0, 0.05) is 24.3 Å². The molecule has 5 heteroatoms. The number of nitrogens with one attached hydrogen (secondary N) is 1. The monoisotopic (exact) mass is 278 g/mol. The number of hydrogen-bond donors (Lipinski definition) is 2. The summed E-state index contributed by atoms with van der Waals surface area (Å²) in [7, 11) is 1.75. The minimum Gasteiger partial charge on any atom is -0.481 e. The molecule has 0 saturated heterocycles. The maximum Gasteiger partial charge on any atom is 0.305 e. The Morgan fingerprint density at radius 2 is 1.90 bits per heavy atom. The van der Waals surface area contributed by atoms with E-state index in [9.17, 15) is 9.59 Å². The average Bonchev–Trinajstić information content (AvgIpc) is 2.46. The number of benzene rings is 1. The van der Waals surface area contributed by atoms with E-state index in [0.29, 0.717) is 12.1 Å². The third-order valence-corrected chi connectivity index (χ3v) is 3.32. The zero-order chi connectivity index (χ0) is 15.1. The summed E-state index contributed by atoms with van der Waals surface area (Å²) >= 11 is 0. The van der Waals surface area contributed by atoms with Gasteiger partial charge in [0.25, 0.3) is 0 Å². The van der Waals surface area contributed by atoms with Gasteiger partial charge in [0.05, 0.1) is 12.5 Å². The second kappa shape index (κ2) is 7.65. The molecule has 0 radical (unpaired) electrons. The molecule has 110 valence electrons. The second-order valence-corrected chi connectivity index (χ2v) is 4.64. The first-order valence-electron chi connectivity index (χ1n) is 6.77. The van der Waals surface area contributed by atoms with Crippen LogP contribution in [0.1, 0.15) is 30.6 Å². The van der Waals surface area contributed by atoms with Gasteiger partial charge in [-0.3, -0.25) is 9.59 Å². The molecule has 0 aliphatic rings. The van der Waals surface area contributed by atoms with E-state index in [4.69, 9.17) is 5.11 Å². The number of rotatable bonds is 8. The molecule has 0 fully saturated rings. The summed E-state index contributed by atoms with van der Waals surface area (Å²) in [5.74, 6) is -0.759. The molecular weight excluding hydrogens is 256 g/mol. The number of hydrogen-bond acceptors (Lipinski definition) is 4. The number of Topliss-reactive ketones (excluding diaryl/α,β-unsaturated/α-hetero) is 1. The van der Waals surface area contributed by atoms with Crippen LogP contribution in [0, 0.1) is 0 Å². The summed E-state index contributed by atoms with van der Waals surface area (Å²) in [4.78, 5) is 24.6. The van der Waals surface area contributed by atoms with Crippen molar-refractivity contribution in [2.24, 2.45) is 0 Å². The van der Waals surface area contributed by atoms with Gasteiger partial charge in [-0.15, -0.1) is 0 Å². The van der Waals surface area contributed by atoms with Crippen molar-refractivity contribution in [2.75, 3.05) is 25.0 Å². The number of nitrogens with zero attached hydrogens (tertiary/aromatic N) is 1. The lowest BCUT2D eigenvalue weighted by Gasteiger charge is -2.22. The highest BCUT2D eigenvalue weighted by atomic mass is 16.4. The number of ketones is 1. The fourth-order valence-corrected chi connectivity index (χ4v) is 1.92. The summed E-state index contributed by atoms with van der Waals surface area (Å²) in [6.45, 7) is 4.99. The first kappa shape index (κ1) is 16.2. The summed E-state index contributed by atoms with van der Waals surface area (Å²) < 4.78 is 0. The molecule has 0 aromatic heterocycles. The fraction of sp³-hybridized carbons (Fsp3) is 0.467. The lowest BCUT2D eigenvalue weighted by molar-refractivity contribution is -0.136. The van der Waals surface area contributed by atoms with E-state index in [1.807, 2.05) is 30.9 Å². The van der Waals surface area contributed by atoms with Crippen LogP contribution in [0.2, 0.25) is 0 Å². The standard InChI is InChI=1S/C15H22N2O3/c1-4-17(10-9-14(18)19)13-7-5-12(6-8-13)15(20)11(2)16-3/h5-8,11,16H,4,9-10H2,1-3H3,(H,18,19). The predicted molar refractivity (Wildman–Crippen MR) is 79.4 cm³/mol. The number of anilines is 1. The normalized spacial score (nSPS) is 11.9. The number of carbonyl (C=O) groups excluding carboxylic acids is 1. The Kier molecular flexibility index (Phi) is 6.18. The van der Waals surface area contributed by atoms with Crippen LogP contribution in [-0.2, 0) is 4.79 Å². The Morgan fingerprint density at radius 3 is 2.35 bits per heavy atom. The number of carboxylic acids is 1. The second-order valence-electron chi connectivity index (χ2n) is 4.64. The number of carbonyl (C=O) groups is 2. The first-order valence-corrected chi connectivity index (χ1v) is 6.77. The smallest absolute Gasteiger partial charge is 0.305 e. The van der Waals surface area contributed by atoms with Gasteiger partial charge in [-0.05, 0) is 45.2 Å². The molecule has 0 bridgehead atoms. The van der Waals surface area contributed by atoms with Crippen molar-refractivity contribution in [3.05, 3.63) is 29.8 Å². The Bertz CT molecular complexity index is 457. The maximum absolute atomic E-state index is 12.0. The molecule has 1 aromatic carbocycles. The van der Waals surface area contributed by atoms with Crippen molar-refractivity contribution in [2.45, 2.75) is 26.3 Å². The lowest BCUT2D eigenvalue weighted by Crippen LogP contribution is -2.30. The van der Waals surface area contributed by atoms with Crippen LogP contribution in [-0.4, -0.2) is 43.0 Å². The first-order chi connectivity index (χ1) is 9.49. The van der Waals surface area contributed by atoms with Gasteiger partial charge in [-0.1, -0.05) is 0 Å². The van der Waals surface area contributed by atoms with Crippen molar-refractivity contribution in [1.82, 2.24) is 5.32 Å². The van der Waals surface area contributed by atoms with Crippen LogP contribution >= 0.6 is 0 Å². The van der Waals surface area contributed by atoms with Gasteiger partial charge < -0.3 is 15.3 Å². The van der Waals surface area contributed by atoms with Crippen molar-refractivity contribution in [1.29, 1.82) is 0 Å². The number of aliphatic carboxylic acids is 1. The summed E-state index contributed by atoms with van der Waals surface area (Å²) in [6, 6.07) is 7.08. The van der Waals surface area contributed by atoms with Gasteiger partial charge in [-0.25, -0.2) is 0 Å². The lowest BCUT2D eigenvalue weighted by atomic mass is 10.0. The van der Waals surface area contributed by atoms with Crippen molar-refractivity contribution in [3.8, 4) is 0 Å². The fourth-order valence-electron chi connectivity index (χ4n) is 1.92. The number of carboxylic acid groups (broad SMARTS) is 1. The molecule has 1 aromatic rings. The maximum atomic E-state index is 12.0. The highest BCUT2D eigenvalue weighted by Crippen LogP contribution is 2.16. The largest absolute Gasteiger partial charge is 0.481 e. The minimum atomic E-state index is -0.807. The molecule has 0 aliphatic heterocycles. The summed E-state index contributed by atoms with van der Waals surface area (Å²) in [5, 5.41) is 11.7. The van der Waals surface area contributed by atoms with Crippen molar-refractivity contribution < 1.29 is 14.7 Å². The molecule has 1 atom stereocenters. The van der Waals surface area contributed by atoms with E-state index >= 15 is 0 Å². The Labute approximate surface area is 119 Å². The van der Waals surface area contributed by atoms with Crippen LogP contribution < -0.4 is 10.2 Å². The molecule has 0 aliphatic carbocycles. The summed E-state index contributed by atoms with van der Waals surface area (Å²) in [6.07, 6.45) is 0.102. The third-order valence-electron chi connectivity index (χ3n) is 3.32. The third kappa shape index (κ3) is 4.35. The predicted octanol–water partition coefficient (Wildman–Crippen LogP) is 1.78. The van der Waals surface area contributed by atoms with Gasteiger partial charge in [0.1, 0.15) is 0 Å². The van der Waals surface area contributed by atoms with Gasteiger partial charge >= 0.3 is 5.97 Å². The molecule has 0 heterocycles. The van der Waals surface area contributed by atoms with Crippen LogP contribution in [0.4, 0.5) is 5.69 Å². The van der Waals surface area contributed by atoms with Crippen molar-refractivity contribution in [3.63, 3.8) is 0 Å². The topological polar surface area (TPSA) is 69.6 Å². The van der Waals surface area contributed by atoms with Crippen LogP contribution in [0.5, 0.6) is 0 Å². The highest BCUT2D eigenvalue weighted by Gasteiger charge is 2.13. The van der Waals surface area contributed by atoms with E-state index in [0.717, 1.165) is 12.2 Å². The van der Waals surface area contributed by atoms with Crippen LogP contribution in [0.15, 0.2) is 24.3 Å². The Morgan fingerprint density at radius 1 is 1.30 bits per heavy atom. The zero-order valence-electron chi connectivity index (χ0n) is 12.2. The zero-order valence-corrected chi connectivity index (χ0v) is 12.2. The van der Waals surface area contributed by atoms with Gasteiger partial charge in [0.2, 0.25) is 0 Å². The molecule has 1 rings (SSSR count). The van der Waals surface area contributed by atoms with E-state index in [1.54, 1.807) is 19.2 Å². The molecule has 1 unspecified atom stereocenters. The van der Waals surface area contributed by atoms with Gasteiger partial charge in [0.15, 0.2) is 5.78 Å². The minimum absolute atomic E-state index is 0.0487. The molecule has 0 spiro atoms. The van der Waals surface area contributed by atoms with E-state index < -0.39 is 5.97 Å². The van der Waals surface area contributed by atoms with Crippen molar-refractivity contribution >= 4 is 17.4 Å². The van der Waals surface area contributed by atoms with Gasteiger partial charge in [-0.2, -0.15) is 0 Å². The van der Waals surface area contributed by atoms with E-state index in [2.05, 4.69) is 5.32 Å². The molecular formula is C15H22N2O3. The SMILES string of the molecule is CCN(CCC(=O)O)c1ccc(C(=O)C(C)NC)cc1. The molecule has 0 saturated carbocycles. The molecule has 2 N–H and O–H groups in total. The van der Waals surface area contributed by atoms with Crippen LogP contribution in [0.25, 0.3) is 0 Å². The molecule has 0 amide bonds. The average molecular weight is 278 g/mol. The quantitative estimate of drug-likeness (QED) is 0.709. The molecule has 5 nitrogen and oxygen atoms in total.